The van der Waals surface area contributed by atoms with E-state index in [0.29, 0.717) is 17.1 Å². The minimum absolute atomic E-state index is 0.0805. The molecule has 0 radical (unpaired) electrons. The molecule has 0 amide bonds. The molecule has 1 aromatic rings. The first-order valence-corrected chi connectivity index (χ1v) is 7.88. The van der Waals surface area contributed by atoms with Gasteiger partial charge >= 0.3 is 0 Å². The van der Waals surface area contributed by atoms with E-state index >= 15 is 0 Å². The summed E-state index contributed by atoms with van der Waals surface area (Å²) in [6, 6.07) is 4.32. The second-order valence-corrected chi connectivity index (χ2v) is 6.71. The summed E-state index contributed by atoms with van der Waals surface area (Å²) in [5, 5.41) is 3.53. The van der Waals surface area contributed by atoms with Crippen molar-refractivity contribution in [2.45, 2.75) is 37.8 Å². The summed E-state index contributed by atoms with van der Waals surface area (Å²) in [5.74, 6) is 0. The van der Waals surface area contributed by atoms with E-state index in [9.17, 15) is 17.2 Å². The van der Waals surface area contributed by atoms with Gasteiger partial charge in [0.1, 0.15) is 0 Å². The zero-order valence-corrected chi connectivity index (χ0v) is 12.7. The molecule has 4 nitrogen and oxygen atoms in total. The molecule has 0 unspecified atom stereocenters. The molecule has 0 aliphatic heterocycles. The summed E-state index contributed by atoms with van der Waals surface area (Å²) in [5.41, 5.74) is 0.597. The maximum absolute atomic E-state index is 12.1. The molecule has 0 aromatic heterocycles. The molecular formula is C12H17ClF2N2O2S. The minimum Gasteiger partial charge on any atom is -0.310 e. The van der Waals surface area contributed by atoms with Crippen molar-refractivity contribution in [3.05, 3.63) is 28.8 Å². The van der Waals surface area contributed by atoms with Gasteiger partial charge in [-0.3, -0.25) is 0 Å². The van der Waals surface area contributed by atoms with Crippen molar-refractivity contribution in [1.82, 2.24) is 10.0 Å². The Kier molecular flexibility index (Phi) is 6.32. The predicted octanol–water partition coefficient (Wildman–Crippen LogP) is 2.38. The molecule has 0 fully saturated rings. The van der Waals surface area contributed by atoms with Crippen molar-refractivity contribution < 1.29 is 17.2 Å². The largest absolute Gasteiger partial charge is 0.310 e. The number of alkyl halides is 2. The lowest BCUT2D eigenvalue weighted by Gasteiger charge is -2.12. The zero-order chi connectivity index (χ0) is 15.3. The van der Waals surface area contributed by atoms with Gasteiger partial charge < -0.3 is 5.32 Å². The Labute approximate surface area is 122 Å². The number of hydrogen-bond acceptors (Lipinski definition) is 3. The third kappa shape index (κ3) is 5.32. The van der Waals surface area contributed by atoms with Gasteiger partial charge in [-0.15, -0.1) is 0 Å². The van der Waals surface area contributed by atoms with Gasteiger partial charge in [-0.1, -0.05) is 25.4 Å². The molecule has 20 heavy (non-hydrogen) atoms. The first-order valence-electron chi connectivity index (χ1n) is 6.02. The summed E-state index contributed by atoms with van der Waals surface area (Å²) in [6.07, 6.45) is -2.74. The summed E-state index contributed by atoms with van der Waals surface area (Å²) in [6.45, 7) is 3.37. The minimum atomic E-state index is -3.95. The fourth-order valence-electron chi connectivity index (χ4n) is 1.42. The van der Waals surface area contributed by atoms with Gasteiger partial charge in [-0.05, 0) is 23.8 Å². The molecule has 1 aromatic carbocycles. The Bertz CT molecular complexity index is 550. The van der Waals surface area contributed by atoms with E-state index in [-0.39, 0.29) is 10.9 Å². The molecule has 0 atom stereocenters. The maximum atomic E-state index is 12.1. The Morgan fingerprint density at radius 2 is 1.95 bits per heavy atom. The van der Waals surface area contributed by atoms with Crippen LogP contribution in [0.4, 0.5) is 8.78 Å². The van der Waals surface area contributed by atoms with Gasteiger partial charge in [0.05, 0.1) is 11.4 Å². The van der Waals surface area contributed by atoms with Crippen LogP contribution < -0.4 is 10.0 Å². The van der Waals surface area contributed by atoms with E-state index in [1.54, 1.807) is 0 Å². The molecule has 0 saturated carbocycles. The van der Waals surface area contributed by atoms with Gasteiger partial charge in [0.25, 0.3) is 6.43 Å². The monoisotopic (exact) mass is 326 g/mol. The fourth-order valence-corrected chi connectivity index (χ4v) is 2.66. The quantitative estimate of drug-likeness (QED) is 0.809. The van der Waals surface area contributed by atoms with Crippen LogP contribution in [0.2, 0.25) is 5.02 Å². The van der Waals surface area contributed by atoms with Crippen molar-refractivity contribution in [1.29, 1.82) is 0 Å². The Morgan fingerprint density at radius 3 is 2.50 bits per heavy atom. The van der Waals surface area contributed by atoms with Gasteiger partial charge in [-0.2, -0.15) is 0 Å². The van der Waals surface area contributed by atoms with Crippen LogP contribution in [0.1, 0.15) is 19.4 Å². The first kappa shape index (κ1) is 17.3. The number of benzene rings is 1. The van der Waals surface area contributed by atoms with E-state index in [1.807, 2.05) is 18.6 Å². The van der Waals surface area contributed by atoms with Crippen molar-refractivity contribution in [2.75, 3.05) is 6.54 Å². The molecule has 114 valence electrons. The highest BCUT2D eigenvalue weighted by molar-refractivity contribution is 7.89. The Balaban J connectivity index is 2.93. The van der Waals surface area contributed by atoms with Crippen LogP contribution in [0.25, 0.3) is 0 Å². The lowest BCUT2D eigenvalue weighted by molar-refractivity contribution is 0.153. The second-order valence-electron chi connectivity index (χ2n) is 4.53. The molecule has 0 aliphatic carbocycles. The summed E-state index contributed by atoms with van der Waals surface area (Å²) < 4.78 is 49.7. The van der Waals surface area contributed by atoms with E-state index in [2.05, 4.69) is 5.32 Å². The van der Waals surface area contributed by atoms with Crippen molar-refractivity contribution in [3.8, 4) is 0 Å². The highest BCUT2D eigenvalue weighted by Gasteiger charge is 2.17. The fraction of sp³-hybridized carbons (Fsp3) is 0.500. The number of halogens is 3. The van der Waals surface area contributed by atoms with E-state index in [0.717, 1.165) is 0 Å². The van der Waals surface area contributed by atoms with Crippen LogP contribution in [0.3, 0.4) is 0 Å². The van der Waals surface area contributed by atoms with Crippen LogP contribution in [0.5, 0.6) is 0 Å². The molecule has 0 aliphatic rings. The molecule has 1 rings (SSSR count). The SMILES string of the molecule is CC(C)NCc1cc(S(=O)(=O)NCC(F)F)ccc1Cl. The summed E-state index contributed by atoms with van der Waals surface area (Å²) in [7, 11) is -3.95. The van der Waals surface area contributed by atoms with Gasteiger partial charge in [0.2, 0.25) is 10.0 Å². The van der Waals surface area contributed by atoms with Crippen LogP contribution in [0.15, 0.2) is 23.1 Å². The normalized spacial score (nSPS) is 12.3. The number of nitrogens with one attached hydrogen (secondary N) is 2. The molecule has 0 heterocycles. The van der Waals surface area contributed by atoms with Crippen LogP contribution in [-0.4, -0.2) is 27.4 Å². The van der Waals surface area contributed by atoms with E-state index < -0.39 is 23.0 Å². The molecular weight excluding hydrogens is 310 g/mol. The topological polar surface area (TPSA) is 58.2 Å². The molecule has 0 spiro atoms. The van der Waals surface area contributed by atoms with Crippen molar-refractivity contribution >= 4 is 21.6 Å². The first-order chi connectivity index (χ1) is 9.22. The molecule has 8 heteroatoms. The molecule has 0 bridgehead atoms. The highest BCUT2D eigenvalue weighted by Crippen LogP contribution is 2.20. The van der Waals surface area contributed by atoms with Crippen LogP contribution in [0, 0.1) is 0 Å². The number of sulfonamides is 1. The third-order valence-corrected chi connectivity index (χ3v) is 4.25. The predicted molar refractivity (Wildman–Crippen MR) is 74.6 cm³/mol. The van der Waals surface area contributed by atoms with Crippen molar-refractivity contribution in [2.24, 2.45) is 0 Å². The van der Waals surface area contributed by atoms with E-state index in [4.69, 9.17) is 11.6 Å². The summed E-state index contributed by atoms with van der Waals surface area (Å²) in [4.78, 5) is -0.0805. The van der Waals surface area contributed by atoms with E-state index in [1.165, 1.54) is 18.2 Å². The zero-order valence-electron chi connectivity index (χ0n) is 11.2. The number of hydrogen-bond donors (Lipinski definition) is 2. The van der Waals surface area contributed by atoms with Crippen LogP contribution >= 0.6 is 11.6 Å². The molecule has 2 N–H and O–H groups in total. The van der Waals surface area contributed by atoms with Crippen LogP contribution in [-0.2, 0) is 16.6 Å². The molecule has 0 saturated heterocycles. The van der Waals surface area contributed by atoms with Gasteiger partial charge in [-0.25, -0.2) is 21.9 Å². The van der Waals surface area contributed by atoms with Gasteiger partial charge in [0, 0.05) is 17.6 Å². The lowest BCUT2D eigenvalue weighted by atomic mass is 10.2. The average molecular weight is 327 g/mol. The maximum Gasteiger partial charge on any atom is 0.251 e. The van der Waals surface area contributed by atoms with Crippen molar-refractivity contribution in [3.63, 3.8) is 0 Å². The second kappa shape index (κ2) is 7.31. The highest BCUT2D eigenvalue weighted by atomic mass is 35.5. The standard InChI is InChI=1S/C12H17ClF2N2O2S/c1-8(2)16-6-9-5-10(3-4-11(9)13)20(18,19)17-7-12(14)15/h3-5,8,12,16-17H,6-7H2,1-2H3. The summed E-state index contributed by atoms with van der Waals surface area (Å²) >= 11 is 5.98. The van der Waals surface area contributed by atoms with Gasteiger partial charge in [0.15, 0.2) is 0 Å². The smallest absolute Gasteiger partial charge is 0.251 e. The Morgan fingerprint density at radius 1 is 1.30 bits per heavy atom. The lowest BCUT2D eigenvalue weighted by Crippen LogP contribution is -2.29. The third-order valence-electron chi connectivity index (χ3n) is 2.46. The average Bonchev–Trinajstić information content (AvgIpc) is 2.35. The number of rotatable bonds is 7. The Hall–Kier alpha value is -0.760.